The van der Waals surface area contributed by atoms with Gasteiger partial charge in [-0.3, -0.25) is 14.5 Å². The lowest BCUT2D eigenvalue weighted by Gasteiger charge is -2.20. The van der Waals surface area contributed by atoms with E-state index in [0.717, 1.165) is 35.7 Å². The molecule has 0 amide bonds. The summed E-state index contributed by atoms with van der Waals surface area (Å²) in [7, 11) is 0. The average molecular weight is 625 g/mol. The summed E-state index contributed by atoms with van der Waals surface area (Å²) < 4.78 is 85.4. The van der Waals surface area contributed by atoms with E-state index in [0.29, 0.717) is 35.2 Å². The highest BCUT2D eigenvalue weighted by Gasteiger charge is 2.38. The molecule has 0 aliphatic heterocycles. The number of benzene rings is 2. The second-order valence-corrected chi connectivity index (χ2v) is 11.1. The number of hydrogen-bond donors (Lipinski definition) is 1. The van der Waals surface area contributed by atoms with Crippen LogP contribution in [-0.4, -0.2) is 20.5 Å². The van der Waals surface area contributed by atoms with Crippen molar-refractivity contribution in [2.24, 2.45) is 5.73 Å². The van der Waals surface area contributed by atoms with Crippen molar-refractivity contribution in [3.05, 3.63) is 119 Å². The van der Waals surface area contributed by atoms with Crippen LogP contribution in [0.1, 0.15) is 66.1 Å². The summed E-state index contributed by atoms with van der Waals surface area (Å²) in [4.78, 5) is 18.0. The van der Waals surface area contributed by atoms with Gasteiger partial charge in [0.15, 0.2) is 11.5 Å². The number of nitrogens with zero attached hydrogens (tertiary/aromatic N) is 3. The van der Waals surface area contributed by atoms with Crippen LogP contribution >= 0.6 is 0 Å². The second kappa shape index (κ2) is 13.1. The van der Waals surface area contributed by atoms with Gasteiger partial charge >= 0.3 is 6.18 Å². The first-order valence-corrected chi connectivity index (χ1v) is 14.4. The number of carbonyl (C=O) groups excluding carboxylic acids is 1. The van der Waals surface area contributed by atoms with Gasteiger partial charge in [-0.25, -0.2) is 13.2 Å². The van der Waals surface area contributed by atoms with Crippen LogP contribution in [0.4, 0.5) is 26.3 Å². The normalized spacial score (nSPS) is 14.2. The summed E-state index contributed by atoms with van der Waals surface area (Å²) in [5.74, 6) is -3.42. The molecule has 0 spiro atoms. The first kappa shape index (κ1) is 31.7. The number of pyridine rings is 1. The fourth-order valence-corrected chi connectivity index (χ4v) is 5.75. The summed E-state index contributed by atoms with van der Waals surface area (Å²) in [5.41, 5.74) is 6.96. The Bertz CT molecular complexity index is 1750. The minimum Gasteiger partial charge on any atom is -0.399 e. The fourth-order valence-electron chi connectivity index (χ4n) is 5.75. The van der Waals surface area contributed by atoms with E-state index < -0.39 is 47.6 Å². The molecular formula is C34H30F6N4O. The molecule has 45 heavy (non-hydrogen) atoms. The number of ketones is 1. The third kappa shape index (κ3) is 7.53. The molecule has 2 heterocycles. The number of halogens is 6. The molecule has 1 atom stereocenters. The number of carbonyl (C=O) groups is 1. The second-order valence-electron chi connectivity index (χ2n) is 11.1. The van der Waals surface area contributed by atoms with Gasteiger partial charge in [0.05, 0.1) is 12.2 Å². The van der Waals surface area contributed by atoms with Gasteiger partial charge in [0.2, 0.25) is 0 Å². The van der Waals surface area contributed by atoms with Gasteiger partial charge in [-0.05, 0) is 79.1 Å². The lowest BCUT2D eigenvalue weighted by Crippen LogP contribution is -2.18. The highest BCUT2D eigenvalue weighted by atomic mass is 19.4. The summed E-state index contributed by atoms with van der Waals surface area (Å²) in [6.07, 6.45) is 2.35. The molecule has 0 saturated carbocycles. The molecule has 1 aliphatic carbocycles. The van der Waals surface area contributed by atoms with E-state index in [2.05, 4.69) is 16.7 Å². The van der Waals surface area contributed by atoms with Crippen LogP contribution in [0.5, 0.6) is 0 Å². The zero-order valence-corrected chi connectivity index (χ0v) is 24.2. The molecule has 0 saturated heterocycles. The van der Waals surface area contributed by atoms with Crippen LogP contribution in [0.15, 0.2) is 73.6 Å². The Morgan fingerprint density at radius 1 is 1.02 bits per heavy atom. The highest BCUT2D eigenvalue weighted by Crippen LogP contribution is 2.38. The molecule has 0 radical (unpaired) electrons. The molecule has 2 aromatic carbocycles. The van der Waals surface area contributed by atoms with Crippen molar-refractivity contribution >= 4 is 17.1 Å². The smallest absolute Gasteiger partial charge is 0.399 e. The SMILES string of the molecule is C=C(N)c1cc(-c2cccnc2[C@@H](CC(=O)Cn2cc(C3=CCCCC3)c(C(F)(F)F)n2)Cc2cc(F)cc(F)c2)ccc1F. The van der Waals surface area contributed by atoms with E-state index in [1.54, 1.807) is 18.2 Å². The third-order valence-electron chi connectivity index (χ3n) is 7.73. The first-order valence-electron chi connectivity index (χ1n) is 14.4. The predicted octanol–water partition coefficient (Wildman–Crippen LogP) is 8.25. The van der Waals surface area contributed by atoms with Crippen molar-refractivity contribution < 1.29 is 31.1 Å². The molecule has 5 rings (SSSR count). The number of alkyl halides is 3. The van der Waals surface area contributed by atoms with E-state index in [1.165, 1.54) is 30.6 Å². The molecule has 11 heteroatoms. The number of hydrogen-bond acceptors (Lipinski definition) is 4. The maximum atomic E-state index is 14.4. The van der Waals surface area contributed by atoms with Crippen LogP contribution in [0.25, 0.3) is 22.4 Å². The van der Waals surface area contributed by atoms with E-state index >= 15 is 0 Å². The van der Waals surface area contributed by atoms with Gasteiger partial charge in [0, 0.05) is 53.2 Å². The van der Waals surface area contributed by atoms with Crippen molar-refractivity contribution in [3.63, 3.8) is 0 Å². The molecule has 0 bridgehead atoms. The topological polar surface area (TPSA) is 73.8 Å². The quantitative estimate of drug-likeness (QED) is 0.180. The Balaban J connectivity index is 1.50. The van der Waals surface area contributed by atoms with Crippen LogP contribution in [0, 0.1) is 17.5 Å². The standard InChI is InChI=1S/C34H30F6N4O/c1-20(41)29-16-23(9-10-31(29)37)28-8-5-11-42-32(28)24(12-21-13-25(35)17-26(36)14-21)15-27(45)18-44-19-30(22-6-3-2-4-7-22)33(43-44)34(38,39)40/h5-6,8-11,13-14,16-17,19,24H,1-4,7,12,15,18,41H2/t24-/m1/s1. The molecule has 5 nitrogen and oxygen atoms in total. The van der Waals surface area contributed by atoms with E-state index in [-0.39, 0.29) is 35.2 Å². The molecule has 2 N–H and O–H groups in total. The van der Waals surface area contributed by atoms with E-state index in [1.807, 2.05) is 0 Å². The number of Topliss-reactive ketones (excluding diaryl/α,β-unsaturated/α-hetero) is 1. The van der Waals surface area contributed by atoms with E-state index in [9.17, 15) is 31.1 Å². The van der Waals surface area contributed by atoms with Crippen molar-refractivity contribution in [2.75, 3.05) is 0 Å². The van der Waals surface area contributed by atoms with E-state index in [4.69, 9.17) is 5.73 Å². The zero-order chi connectivity index (χ0) is 32.3. The summed E-state index contributed by atoms with van der Waals surface area (Å²) in [5, 5.41) is 3.74. The fraction of sp³-hybridized carbons (Fsp3) is 0.265. The van der Waals surface area contributed by atoms with Gasteiger partial charge in [0.25, 0.3) is 0 Å². The first-order chi connectivity index (χ1) is 21.4. The van der Waals surface area contributed by atoms with Crippen LogP contribution in [-0.2, 0) is 23.9 Å². The Morgan fingerprint density at radius 2 is 1.78 bits per heavy atom. The molecular weight excluding hydrogens is 594 g/mol. The van der Waals surface area contributed by atoms with Crippen LogP contribution < -0.4 is 5.73 Å². The molecule has 0 fully saturated rings. The zero-order valence-electron chi connectivity index (χ0n) is 24.2. The molecule has 2 aromatic heterocycles. The van der Waals surface area contributed by atoms with Crippen molar-refractivity contribution in [1.29, 1.82) is 0 Å². The van der Waals surface area contributed by atoms with Gasteiger partial charge in [-0.15, -0.1) is 0 Å². The summed E-state index contributed by atoms with van der Waals surface area (Å²) in [6, 6.07) is 10.6. The number of allylic oxidation sites excluding steroid dienone is 2. The minimum absolute atomic E-state index is 0.00237. The largest absolute Gasteiger partial charge is 0.435 e. The van der Waals surface area contributed by atoms with Gasteiger partial charge in [-0.2, -0.15) is 18.3 Å². The third-order valence-corrected chi connectivity index (χ3v) is 7.73. The van der Waals surface area contributed by atoms with Crippen LogP contribution in [0.2, 0.25) is 0 Å². The number of aromatic nitrogens is 3. The predicted molar refractivity (Wildman–Crippen MR) is 159 cm³/mol. The maximum Gasteiger partial charge on any atom is 0.435 e. The molecule has 1 aliphatic rings. The lowest BCUT2D eigenvalue weighted by molar-refractivity contribution is -0.142. The van der Waals surface area contributed by atoms with Crippen molar-refractivity contribution in [1.82, 2.24) is 14.8 Å². The van der Waals surface area contributed by atoms with Crippen LogP contribution in [0.3, 0.4) is 0 Å². The monoisotopic (exact) mass is 624 g/mol. The number of nitrogens with two attached hydrogens (primary N) is 1. The van der Waals surface area contributed by atoms with Gasteiger partial charge in [-0.1, -0.05) is 24.8 Å². The summed E-state index contributed by atoms with van der Waals surface area (Å²) in [6.45, 7) is 3.15. The van der Waals surface area contributed by atoms with Crippen molar-refractivity contribution in [3.8, 4) is 11.1 Å². The maximum absolute atomic E-state index is 14.4. The van der Waals surface area contributed by atoms with Crippen molar-refractivity contribution in [2.45, 2.75) is 57.2 Å². The molecule has 4 aromatic rings. The Morgan fingerprint density at radius 3 is 2.44 bits per heavy atom. The number of rotatable bonds is 10. The highest BCUT2D eigenvalue weighted by molar-refractivity contribution is 5.80. The Labute approximate surface area is 256 Å². The minimum atomic E-state index is -4.71. The van der Waals surface area contributed by atoms with Gasteiger partial charge in [0.1, 0.15) is 17.5 Å². The molecule has 234 valence electrons. The average Bonchev–Trinajstić information content (AvgIpc) is 3.41. The van der Waals surface area contributed by atoms with Gasteiger partial charge < -0.3 is 5.73 Å². The molecule has 0 unspecified atom stereocenters. The lowest BCUT2D eigenvalue weighted by atomic mass is 9.86. The summed E-state index contributed by atoms with van der Waals surface area (Å²) >= 11 is 0. The Hall–Kier alpha value is -4.67. The Kier molecular flexibility index (Phi) is 9.27.